The molecule has 2 rings (SSSR count). The van der Waals surface area contributed by atoms with Crippen molar-refractivity contribution in [1.29, 1.82) is 0 Å². The minimum absolute atomic E-state index is 0.138. The Kier molecular flexibility index (Phi) is 3.51. The molecule has 96 valence electrons. The first-order chi connectivity index (χ1) is 8.51. The number of hydrogen-bond acceptors (Lipinski definition) is 6. The molecule has 0 saturated carbocycles. The van der Waals surface area contributed by atoms with E-state index in [-0.39, 0.29) is 18.2 Å². The van der Waals surface area contributed by atoms with Crippen LogP contribution < -0.4 is 5.73 Å². The number of aromatic nitrogens is 2. The number of anilines is 1. The Morgan fingerprint density at radius 2 is 2.22 bits per heavy atom. The Hall–Kier alpha value is -1.63. The van der Waals surface area contributed by atoms with Crippen LogP contribution >= 0.6 is 11.8 Å². The van der Waals surface area contributed by atoms with Crippen molar-refractivity contribution in [2.24, 2.45) is 0 Å². The average molecular weight is 266 g/mol. The molecular weight excluding hydrogens is 252 g/mol. The van der Waals surface area contributed by atoms with Crippen LogP contribution in [0, 0.1) is 6.92 Å². The number of imide groups is 1. The van der Waals surface area contributed by atoms with Crippen molar-refractivity contribution in [2.45, 2.75) is 30.7 Å². The van der Waals surface area contributed by atoms with E-state index in [0.29, 0.717) is 17.5 Å². The van der Waals surface area contributed by atoms with Gasteiger partial charge in [-0.1, -0.05) is 11.8 Å². The number of aryl methyl sites for hydroxylation is 1. The van der Waals surface area contributed by atoms with Crippen LogP contribution in [-0.2, 0) is 9.59 Å². The van der Waals surface area contributed by atoms with Crippen LogP contribution in [0.4, 0.5) is 5.82 Å². The van der Waals surface area contributed by atoms with Gasteiger partial charge in [-0.2, -0.15) is 0 Å². The van der Waals surface area contributed by atoms with Crippen LogP contribution in [0.25, 0.3) is 0 Å². The van der Waals surface area contributed by atoms with Crippen LogP contribution in [0.5, 0.6) is 0 Å². The number of carbonyl (C=O) groups is 2. The second-order valence-electron chi connectivity index (χ2n) is 4.00. The fourth-order valence-electron chi connectivity index (χ4n) is 1.82. The number of nitrogens with zero attached hydrogens (tertiary/aromatic N) is 3. The molecule has 18 heavy (non-hydrogen) atoms. The van der Waals surface area contributed by atoms with Gasteiger partial charge in [-0.3, -0.25) is 14.5 Å². The monoisotopic (exact) mass is 266 g/mol. The zero-order valence-electron chi connectivity index (χ0n) is 10.2. The highest BCUT2D eigenvalue weighted by Gasteiger charge is 2.38. The van der Waals surface area contributed by atoms with E-state index in [1.165, 1.54) is 16.7 Å². The molecule has 1 atom stereocenters. The fourth-order valence-corrected chi connectivity index (χ4v) is 2.89. The molecule has 0 radical (unpaired) electrons. The summed E-state index contributed by atoms with van der Waals surface area (Å²) in [7, 11) is 0. The Morgan fingerprint density at radius 3 is 2.78 bits per heavy atom. The summed E-state index contributed by atoms with van der Waals surface area (Å²) in [6.07, 6.45) is 0.203. The molecule has 0 bridgehead atoms. The van der Waals surface area contributed by atoms with Gasteiger partial charge in [0.2, 0.25) is 11.8 Å². The molecule has 1 aromatic rings. The Bertz CT molecular complexity index is 486. The molecule has 2 N–H and O–H groups in total. The molecule has 0 aliphatic carbocycles. The van der Waals surface area contributed by atoms with Crippen molar-refractivity contribution in [3.05, 3.63) is 11.8 Å². The van der Waals surface area contributed by atoms with Gasteiger partial charge in [-0.25, -0.2) is 9.97 Å². The average Bonchev–Trinajstić information content (AvgIpc) is 2.52. The lowest BCUT2D eigenvalue weighted by Gasteiger charge is -2.11. The molecule has 0 spiro atoms. The molecule has 1 saturated heterocycles. The van der Waals surface area contributed by atoms with Crippen molar-refractivity contribution in [2.75, 3.05) is 12.3 Å². The lowest BCUT2D eigenvalue weighted by atomic mass is 10.4. The minimum Gasteiger partial charge on any atom is -0.384 e. The van der Waals surface area contributed by atoms with E-state index in [9.17, 15) is 9.59 Å². The quantitative estimate of drug-likeness (QED) is 0.637. The van der Waals surface area contributed by atoms with Crippen LogP contribution in [0.1, 0.15) is 19.0 Å². The van der Waals surface area contributed by atoms with E-state index in [4.69, 9.17) is 5.73 Å². The number of thioether (sulfide) groups is 1. The number of amides is 2. The van der Waals surface area contributed by atoms with Gasteiger partial charge < -0.3 is 5.73 Å². The van der Waals surface area contributed by atoms with Crippen LogP contribution in [0.15, 0.2) is 11.2 Å². The maximum Gasteiger partial charge on any atom is 0.243 e. The predicted molar refractivity (Wildman–Crippen MR) is 67.8 cm³/mol. The van der Waals surface area contributed by atoms with Crippen LogP contribution in [0.2, 0.25) is 0 Å². The fraction of sp³-hybridized carbons (Fsp3) is 0.455. The zero-order chi connectivity index (χ0) is 13.3. The standard InChI is InChI=1S/C11H14N4O2S/c1-3-15-9(16)5-7(10(15)17)18-11-13-6(2)4-8(12)14-11/h4,7H,3,5H2,1-2H3,(H2,12,13,14). The summed E-state index contributed by atoms with van der Waals surface area (Å²) in [6, 6.07) is 1.66. The highest BCUT2D eigenvalue weighted by atomic mass is 32.2. The number of hydrogen-bond donors (Lipinski definition) is 1. The highest BCUT2D eigenvalue weighted by molar-refractivity contribution is 8.00. The number of nitrogens with two attached hydrogens (primary N) is 1. The van der Waals surface area contributed by atoms with Crippen molar-refractivity contribution in [3.8, 4) is 0 Å². The number of likely N-dealkylation sites (tertiary alicyclic amines) is 1. The Labute approximate surface area is 109 Å². The van der Waals surface area contributed by atoms with Crippen molar-refractivity contribution < 1.29 is 9.59 Å². The van der Waals surface area contributed by atoms with Crippen molar-refractivity contribution >= 4 is 29.4 Å². The molecule has 7 heteroatoms. The molecule has 1 aliphatic rings. The molecule has 2 heterocycles. The minimum atomic E-state index is -0.432. The first-order valence-corrected chi connectivity index (χ1v) is 6.51. The normalized spacial score (nSPS) is 19.7. The van der Waals surface area contributed by atoms with Gasteiger partial charge in [0.25, 0.3) is 0 Å². The van der Waals surface area contributed by atoms with Crippen molar-refractivity contribution in [3.63, 3.8) is 0 Å². The lowest BCUT2D eigenvalue weighted by molar-refractivity contribution is -0.137. The molecule has 1 unspecified atom stereocenters. The maximum absolute atomic E-state index is 11.9. The number of nitrogen functional groups attached to an aromatic ring is 1. The van der Waals surface area contributed by atoms with Gasteiger partial charge in [0.15, 0.2) is 5.16 Å². The third-order valence-corrected chi connectivity index (χ3v) is 3.67. The van der Waals surface area contributed by atoms with Crippen molar-refractivity contribution in [1.82, 2.24) is 14.9 Å². The summed E-state index contributed by atoms with van der Waals surface area (Å²) in [5.74, 6) is 0.0610. The zero-order valence-corrected chi connectivity index (χ0v) is 11.0. The van der Waals surface area contributed by atoms with E-state index >= 15 is 0 Å². The summed E-state index contributed by atoms with van der Waals surface area (Å²) >= 11 is 1.20. The lowest BCUT2D eigenvalue weighted by Crippen LogP contribution is -2.30. The van der Waals surface area contributed by atoms with E-state index in [0.717, 1.165) is 5.69 Å². The van der Waals surface area contributed by atoms with Gasteiger partial charge in [-0.15, -0.1) is 0 Å². The SMILES string of the molecule is CCN1C(=O)CC(Sc2nc(C)cc(N)n2)C1=O. The first kappa shape index (κ1) is 12.8. The number of carbonyl (C=O) groups excluding carboxylic acids is 2. The maximum atomic E-state index is 11.9. The molecule has 1 fully saturated rings. The van der Waals surface area contributed by atoms with Crippen LogP contribution in [0.3, 0.4) is 0 Å². The van der Waals surface area contributed by atoms with E-state index in [2.05, 4.69) is 9.97 Å². The predicted octanol–water partition coefficient (Wildman–Crippen LogP) is 0.607. The van der Waals surface area contributed by atoms with Gasteiger partial charge in [0, 0.05) is 24.7 Å². The van der Waals surface area contributed by atoms with E-state index < -0.39 is 5.25 Å². The van der Waals surface area contributed by atoms with E-state index in [1.807, 2.05) is 6.92 Å². The van der Waals surface area contributed by atoms with E-state index in [1.54, 1.807) is 13.0 Å². The summed E-state index contributed by atoms with van der Waals surface area (Å²) in [5.41, 5.74) is 6.37. The largest absolute Gasteiger partial charge is 0.384 e. The number of rotatable bonds is 3. The Morgan fingerprint density at radius 1 is 1.50 bits per heavy atom. The van der Waals surface area contributed by atoms with Gasteiger partial charge in [-0.05, 0) is 13.8 Å². The third kappa shape index (κ3) is 2.45. The van der Waals surface area contributed by atoms with Gasteiger partial charge >= 0.3 is 0 Å². The third-order valence-electron chi connectivity index (χ3n) is 2.62. The molecule has 1 aliphatic heterocycles. The summed E-state index contributed by atoms with van der Waals surface area (Å²) in [5, 5.41) is 0.00949. The summed E-state index contributed by atoms with van der Waals surface area (Å²) in [6.45, 7) is 4.00. The smallest absolute Gasteiger partial charge is 0.243 e. The summed E-state index contributed by atoms with van der Waals surface area (Å²) < 4.78 is 0. The van der Waals surface area contributed by atoms with Crippen LogP contribution in [-0.4, -0.2) is 38.5 Å². The van der Waals surface area contributed by atoms with Gasteiger partial charge in [0.1, 0.15) is 11.1 Å². The molecule has 2 amide bonds. The first-order valence-electron chi connectivity index (χ1n) is 5.63. The molecule has 6 nitrogen and oxygen atoms in total. The molecule has 0 aromatic carbocycles. The summed E-state index contributed by atoms with van der Waals surface area (Å²) in [4.78, 5) is 33.0. The second-order valence-corrected chi connectivity index (χ2v) is 5.17. The highest BCUT2D eigenvalue weighted by Crippen LogP contribution is 2.29. The second kappa shape index (κ2) is 4.93. The molecular formula is C11H14N4O2S. The Balaban J connectivity index is 2.15. The topological polar surface area (TPSA) is 89.2 Å². The molecule has 1 aromatic heterocycles. The van der Waals surface area contributed by atoms with Gasteiger partial charge in [0.05, 0.1) is 0 Å².